The summed E-state index contributed by atoms with van der Waals surface area (Å²) in [6, 6.07) is 10.7. The van der Waals surface area contributed by atoms with Crippen LogP contribution in [-0.2, 0) is 0 Å². The monoisotopic (exact) mass is 240 g/mol. The summed E-state index contributed by atoms with van der Waals surface area (Å²) in [4.78, 5) is 7.81. The summed E-state index contributed by atoms with van der Waals surface area (Å²) in [5.74, 6) is 0.476. The number of para-hydroxylation sites is 1. The van der Waals surface area contributed by atoms with Gasteiger partial charge in [-0.05, 0) is 43.2 Å². The average Bonchev–Trinajstić information content (AvgIpc) is 2.77. The second-order valence-electron chi connectivity index (χ2n) is 4.52. The first kappa shape index (κ1) is 11.0. The molecule has 1 heterocycles. The molecule has 0 spiro atoms. The first-order chi connectivity index (χ1) is 8.65. The van der Waals surface area contributed by atoms with Gasteiger partial charge in [-0.15, -0.1) is 0 Å². The zero-order valence-corrected chi connectivity index (χ0v) is 10.3. The summed E-state index contributed by atoms with van der Waals surface area (Å²) in [6.07, 6.45) is 0. The summed E-state index contributed by atoms with van der Waals surface area (Å²) < 4.78 is 13.3. The van der Waals surface area contributed by atoms with E-state index < -0.39 is 0 Å². The molecule has 0 atom stereocenters. The van der Waals surface area contributed by atoms with E-state index in [0.717, 1.165) is 33.5 Å². The summed E-state index contributed by atoms with van der Waals surface area (Å²) in [6.45, 7) is 3.97. The van der Waals surface area contributed by atoms with E-state index in [1.54, 1.807) is 6.07 Å². The van der Waals surface area contributed by atoms with E-state index >= 15 is 0 Å². The van der Waals surface area contributed by atoms with Crippen LogP contribution in [0.15, 0.2) is 36.4 Å². The molecule has 18 heavy (non-hydrogen) atoms. The number of hydrogen-bond acceptors (Lipinski definition) is 1. The molecule has 0 saturated carbocycles. The second kappa shape index (κ2) is 3.95. The van der Waals surface area contributed by atoms with Crippen LogP contribution in [0.2, 0.25) is 0 Å². The summed E-state index contributed by atoms with van der Waals surface area (Å²) in [7, 11) is 0. The van der Waals surface area contributed by atoms with E-state index in [0.29, 0.717) is 0 Å². The van der Waals surface area contributed by atoms with Crippen LogP contribution in [0.3, 0.4) is 0 Å². The Morgan fingerprint density at radius 3 is 2.67 bits per heavy atom. The van der Waals surface area contributed by atoms with Crippen molar-refractivity contribution in [3.8, 4) is 11.4 Å². The van der Waals surface area contributed by atoms with Gasteiger partial charge in [-0.25, -0.2) is 9.37 Å². The van der Waals surface area contributed by atoms with Crippen molar-refractivity contribution in [2.24, 2.45) is 0 Å². The number of rotatable bonds is 1. The predicted octanol–water partition coefficient (Wildman–Crippen LogP) is 3.99. The minimum Gasteiger partial charge on any atom is -0.338 e. The molecule has 2 nitrogen and oxygen atoms in total. The summed E-state index contributed by atoms with van der Waals surface area (Å²) in [5.41, 5.74) is 4.85. The molecule has 0 aliphatic carbocycles. The molecule has 0 amide bonds. The average molecular weight is 240 g/mol. The zero-order valence-electron chi connectivity index (χ0n) is 10.3. The van der Waals surface area contributed by atoms with Crippen LogP contribution < -0.4 is 0 Å². The highest BCUT2D eigenvalue weighted by molar-refractivity contribution is 5.82. The number of aromatic amines is 1. The molecule has 90 valence electrons. The number of benzene rings is 2. The van der Waals surface area contributed by atoms with Crippen molar-refractivity contribution in [3.63, 3.8) is 0 Å². The van der Waals surface area contributed by atoms with Crippen LogP contribution >= 0.6 is 0 Å². The van der Waals surface area contributed by atoms with Gasteiger partial charge in [0, 0.05) is 5.56 Å². The van der Waals surface area contributed by atoms with Gasteiger partial charge in [0.05, 0.1) is 11.0 Å². The van der Waals surface area contributed by atoms with Crippen LogP contribution in [0, 0.1) is 19.7 Å². The number of halogens is 1. The van der Waals surface area contributed by atoms with E-state index in [9.17, 15) is 4.39 Å². The summed E-state index contributed by atoms with van der Waals surface area (Å²) >= 11 is 0. The Kier molecular flexibility index (Phi) is 2.40. The van der Waals surface area contributed by atoms with Crippen LogP contribution in [0.4, 0.5) is 4.39 Å². The lowest BCUT2D eigenvalue weighted by Crippen LogP contribution is -1.87. The molecular formula is C15H13FN2. The standard InChI is InChI=1S/C15H13FN2/c1-9-6-7-11(16)8-12(9)15-17-13-5-3-4-10(2)14(13)18-15/h3-8H,1-2H3,(H,17,18). The normalized spacial score (nSPS) is 11.1. The van der Waals surface area contributed by atoms with Crippen LogP contribution in [-0.4, -0.2) is 9.97 Å². The maximum atomic E-state index is 13.3. The molecule has 2 aromatic carbocycles. The van der Waals surface area contributed by atoms with Gasteiger partial charge in [-0.3, -0.25) is 0 Å². The fourth-order valence-electron chi connectivity index (χ4n) is 2.15. The zero-order chi connectivity index (χ0) is 12.7. The Morgan fingerprint density at radius 1 is 1.06 bits per heavy atom. The van der Waals surface area contributed by atoms with E-state index in [4.69, 9.17) is 0 Å². The van der Waals surface area contributed by atoms with Gasteiger partial charge in [0.25, 0.3) is 0 Å². The van der Waals surface area contributed by atoms with Gasteiger partial charge in [-0.2, -0.15) is 0 Å². The Labute approximate surface area is 104 Å². The molecule has 3 aromatic rings. The molecular weight excluding hydrogens is 227 g/mol. The number of imidazole rings is 1. The number of aryl methyl sites for hydroxylation is 2. The fraction of sp³-hybridized carbons (Fsp3) is 0.133. The van der Waals surface area contributed by atoms with Gasteiger partial charge < -0.3 is 4.98 Å². The molecule has 0 bridgehead atoms. The molecule has 1 aromatic heterocycles. The van der Waals surface area contributed by atoms with Crippen molar-refractivity contribution in [3.05, 3.63) is 53.3 Å². The van der Waals surface area contributed by atoms with Crippen molar-refractivity contribution in [1.29, 1.82) is 0 Å². The minimum atomic E-state index is -0.243. The van der Waals surface area contributed by atoms with E-state index in [-0.39, 0.29) is 5.82 Å². The van der Waals surface area contributed by atoms with Crippen molar-refractivity contribution in [2.75, 3.05) is 0 Å². The van der Waals surface area contributed by atoms with Crippen LogP contribution in [0.25, 0.3) is 22.4 Å². The minimum absolute atomic E-state index is 0.243. The van der Waals surface area contributed by atoms with Gasteiger partial charge in [-0.1, -0.05) is 18.2 Å². The molecule has 1 N–H and O–H groups in total. The molecule has 3 rings (SSSR count). The molecule has 0 fully saturated rings. The Hall–Kier alpha value is -2.16. The highest BCUT2D eigenvalue weighted by Crippen LogP contribution is 2.25. The number of fused-ring (bicyclic) bond motifs is 1. The second-order valence-corrected chi connectivity index (χ2v) is 4.52. The molecule has 0 unspecified atom stereocenters. The highest BCUT2D eigenvalue weighted by atomic mass is 19.1. The number of aromatic nitrogens is 2. The Bertz CT molecular complexity index is 728. The van der Waals surface area contributed by atoms with Crippen molar-refractivity contribution in [2.45, 2.75) is 13.8 Å². The molecule has 0 radical (unpaired) electrons. The first-order valence-corrected chi connectivity index (χ1v) is 5.87. The van der Waals surface area contributed by atoms with Crippen LogP contribution in [0.5, 0.6) is 0 Å². The molecule has 3 heteroatoms. The number of nitrogens with zero attached hydrogens (tertiary/aromatic N) is 1. The number of hydrogen-bond donors (Lipinski definition) is 1. The summed E-state index contributed by atoms with van der Waals surface area (Å²) in [5, 5.41) is 0. The fourth-order valence-corrected chi connectivity index (χ4v) is 2.15. The third-order valence-electron chi connectivity index (χ3n) is 3.17. The van der Waals surface area contributed by atoms with Gasteiger partial charge in [0.1, 0.15) is 11.6 Å². The van der Waals surface area contributed by atoms with Crippen LogP contribution in [0.1, 0.15) is 11.1 Å². The molecule has 0 aliphatic rings. The van der Waals surface area contributed by atoms with Crippen molar-refractivity contribution in [1.82, 2.24) is 9.97 Å². The molecule has 0 aliphatic heterocycles. The lowest BCUT2D eigenvalue weighted by Gasteiger charge is -2.01. The lowest BCUT2D eigenvalue weighted by atomic mass is 10.1. The van der Waals surface area contributed by atoms with E-state index in [1.165, 1.54) is 12.1 Å². The maximum absolute atomic E-state index is 13.3. The highest BCUT2D eigenvalue weighted by Gasteiger charge is 2.09. The lowest BCUT2D eigenvalue weighted by molar-refractivity contribution is 0.628. The maximum Gasteiger partial charge on any atom is 0.138 e. The predicted molar refractivity (Wildman–Crippen MR) is 71.0 cm³/mol. The van der Waals surface area contributed by atoms with Gasteiger partial charge >= 0.3 is 0 Å². The van der Waals surface area contributed by atoms with E-state index in [2.05, 4.69) is 9.97 Å². The van der Waals surface area contributed by atoms with E-state index in [1.807, 2.05) is 32.0 Å². The van der Waals surface area contributed by atoms with Gasteiger partial charge in [0.2, 0.25) is 0 Å². The first-order valence-electron chi connectivity index (χ1n) is 5.87. The molecule has 0 saturated heterocycles. The third-order valence-corrected chi connectivity index (χ3v) is 3.17. The Balaban J connectivity index is 2.26. The van der Waals surface area contributed by atoms with Crippen molar-refractivity contribution < 1.29 is 4.39 Å². The number of nitrogens with one attached hydrogen (secondary N) is 1. The topological polar surface area (TPSA) is 28.7 Å². The number of H-pyrrole nitrogens is 1. The largest absolute Gasteiger partial charge is 0.338 e. The Morgan fingerprint density at radius 2 is 1.89 bits per heavy atom. The van der Waals surface area contributed by atoms with Gasteiger partial charge in [0.15, 0.2) is 0 Å². The quantitative estimate of drug-likeness (QED) is 0.684. The van der Waals surface area contributed by atoms with Crippen molar-refractivity contribution >= 4 is 11.0 Å². The SMILES string of the molecule is Cc1ccc(F)cc1-c1nc2c(C)cccc2[nH]1. The smallest absolute Gasteiger partial charge is 0.138 e. The third kappa shape index (κ3) is 1.68.